The molecule has 1 aromatic heterocycles. The van der Waals surface area contributed by atoms with E-state index < -0.39 is 0 Å². The first-order valence-corrected chi connectivity index (χ1v) is 8.49. The third-order valence-electron chi connectivity index (χ3n) is 4.16. The molecule has 5 heteroatoms. The number of anilines is 1. The maximum Gasteiger partial charge on any atom is 0.145 e. The number of aromatic nitrogens is 2. The summed E-state index contributed by atoms with van der Waals surface area (Å²) >= 11 is 6.02. The summed E-state index contributed by atoms with van der Waals surface area (Å²) in [5.41, 5.74) is 4.26. The summed E-state index contributed by atoms with van der Waals surface area (Å²) in [6.45, 7) is 3.53. The Labute approximate surface area is 146 Å². The van der Waals surface area contributed by atoms with Gasteiger partial charge in [-0.3, -0.25) is 0 Å². The zero-order chi connectivity index (χ0) is 16.5. The first-order valence-electron chi connectivity index (χ1n) is 8.12. The van der Waals surface area contributed by atoms with Crippen molar-refractivity contribution < 1.29 is 4.74 Å². The Hall–Kier alpha value is -2.46. The third kappa shape index (κ3) is 2.53. The van der Waals surface area contributed by atoms with Crippen LogP contribution in [0.3, 0.4) is 0 Å². The number of nitrogens with zero attached hydrogens (tertiary/aromatic N) is 2. The van der Waals surface area contributed by atoms with E-state index >= 15 is 0 Å². The van der Waals surface area contributed by atoms with Gasteiger partial charge in [0.1, 0.15) is 17.3 Å². The van der Waals surface area contributed by atoms with E-state index in [0.717, 1.165) is 46.5 Å². The normalized spacial score (nSPS) is 12.8. The molecule has 0 radical (unpaired) electrons. The van der Waals surface area contributed by atoms with Gasteiger partial charge in [0.2, 0.25) is 0 Å². The molecular formula is C19H18ClN3O. The third-order valence-corrected chi connectivity index (χ3v) is 4.41. The van der Waals surface area contributed by atoms with Gasteiger partial charge in [0.15, 0.2) is 0 Å². The predicted molar refractivity (Wildman–Crippen MR) is 97.4 cm³/mol. The van der Waals surface area contributed by atoms with Gasteiger partial charge >= 0.3 is 0 Å². The lowest BCUT2D eigenvalue weighted by atomic mass is 10.1. The standard InChI is InChI=1S/C19H18ClN3O/c1-2-24-17-6-4-3-5-16(17)23-19-15(11-12-21-19)18(22-23)13-7-9-14(20)10-8-13/h3-10,21H,2,11-12H2,1H3. The Kier molecular flexibility index (Phi) is 3.90. The van der Waals surface area contributed by atoms with Crippen molar-refractivity contribution in [3.05, 3.63) is 59.1 Å². The lowest BCUT2D eigenvalue weighted by molar-refractivity contribution is 0.338. The van der Waals surface area contributed by atoms with E-state index in [0.29, 0.717) is 6.61 Å². The van der Waals surface area contributed by atoms with Crippen molar-refractivity contribution in [3.8, 4) is 22.7 Å². The van der Waals surface area contributed by atoms with Gasteiger partial charge in [-0.15, -0.1) is 0 Å². The van der Waals surface area contributed by atoms with Crippen LogP contribution >= 0.6 is 11.6 Å². The zero-order valence-electron chi connectivity index (χ0n) is 13.4. The van der Waals surface area contributed by atoms with Crippen LogP contribution in [0.2, 0.25) is 5.02 Å². The van der Waals surface area contributed by atoms with Crippen LogP contribution in [-0.4, -0.2) is 22.9 Å². The van der Waals surface area contributed by atoms with Crippen LogP contribution < -0.4 is 10.1 Å². The van der Waals surface area contributed by atoms with E-state index in [1.165, 1.54) is 5.56 Å². The maximum absolute atomic E-state index is 6.02. The highest BCUT2D eigenvalue weighted by molar-refractivity contribution is 6.30. The van der Waals surface area contributed by atoms with Gasteiger partial charge in [-0.05, 0) is 37.6 Å². The van der Waals surface area contributed by atoms with Gasteiger partial charge in [0.05, 0.1) is 12.3 Å². The average molecular weight is 340 g/mol. The van der Waals surface area contributed by atoms with Crippen molar-refractivity contribution in [3.63, 3.8) is 0 Å². The fraction of sp³-hybridized carbons (Fsp3) is 0.211. The van der Waals surface area contributed by atoms with Gasteiger partial charge < -0.3 is 10.1 Å². The fourth-order valence-electron chi connectivity index (χ4n) is 3.10. The molecule has 122 valence electrons. The molecule has 1 aliphatic rings. The van der Waals surface area contributed by atoms with Crippen LogP contribution in [0.25, 0.3) is 16.9 Å². The number of rotatable bonds is 4. The molecule has 0 bridgehead atoms. The fourth-order valence-corrected chi connectivity index (χ4v) is 3.22. The number of hydrogen-bond donors (Lipinski definition) is 1. The predicted octanol–water partition coefficient (Wildman–Crippen LogP) is 4.56. The molecule has 0 atom stereocenters. The van der Waals surface area contributed by atoms with Crippen LogP contribution in [0.1, 0.15) is 12.5 Å². The molecule has 0 spiro atoms. The van der Waals surface area contributed by atoms with Crippen molar-refractivity contribution in [2.75, 3.05) is 18.5 Å². The quantitative estimate of drug-likeness (QED) is 0.757. The Morgan fingerprint density at radius 1 is 1.17 bits per heavy atom. The molecule has 0 unspecified atom stereocenters. The zero-order valence-corrected chi connectivity index (χ0v) is 14.2. The first kappa shape index (κ1) is 15.1. The van der Waals surface area contributed by atoms with Crippen LogP contribution in [-0.2, 0) is 6.42 Å². The second-order valence-electron chi connectivity index (χ2n) is 5.67. The number of ether oxygens (including phenoxy) is 1. The Morgan fingerprint density at radius 3 is 2.75 bits per heavy atom. The Balaban J connectivity index is 1.87. The maximum atomic E-state index is 6.02. The van der Waals surface area contributed by atoms with Crippen LogP contribution in [0.15, 0.2) is 48.5 Å². The summed E-state index contributed by atoms with van der Waals surface area (Å²) in [5, 5.41) is 9.06. The molecular weight excluding hydrogens is 322 g/mol. The number of fused-ring (bicyclic) bond motifs is 1. The van der Waals surface area contributed by atoms with Crippen LogP contribution in [0.4, 0.5) is 5.82 Å². The highest BCUT2D eigenvalue weighted by atomic mass is 35.5. The summed E-state index contributed by atoms with van der Waals surface area (Å²) < 4.78 is 7.73. The second-order valence-corrected chi connectivity index (χ2v) is 6.11. The minimum atomic E-state index is 0.623. The smallest absolute Gasteiger partial charge is 0.145 e. The van der Waals surface area contributed by atoms with Crippen molar-refractivity contribution in [2.45, 2.75) is 13.3 Å². The molecule has 0 fully saturated rings. The lowest BCUT2D eigenvalue weighted by Crippen LogP contribution is -2.06. The van der Waals surface area contributed by atoms with Gasteiger partial charge in [0, 0.05) is 22.7 Å². The molecule has 4 rings (SSSR count). The van der Waals surface area contributed by atoms with E-state index in [1.54, 1.807) is 0 Å². The molecule has 0 amide bonds. The summed E-state index contributed by atoms with van der Waals surface area (Å²) in [6, 6.07) is 15.8. The lowest BCUT2D eigenvalue weighted by Gasteiger charge is -2.12. The van der Waals surface area contributed by atoms with Crippen molar-refractivity contribution >= 4 is 17.4 Å². The van der Waals surface area contributed by atoms with Crippen LogP contribution in [0, 0.1) is 0 Å². The number of nitrogens with one attached hydrogen (secondary N) is 1. The van der Waals surface area contributed by atoms with E-state index in [1.807, 2.05) is 60.1 Å². The van der Waals surface area contributed by atoms with E-state index in [9.17, 15) is 0 Å². The summed E-state index contributed by atoms with van der Waals surface area (Å²) in [4.78, 5) is 0. The van der Waals surface area contributed by atoms with E-state index in [2.05, 4.69) is 5.32 Å². The monoisotopic (exact) mass is 339 g/mol. The number of hydrogen-bond acceptors (Lipinski definition) is 3. The molecule has 4 nitrogen and oxygen atoms in total. The molecule has 1 aliphatic heterocycles. The minimum absolute atomic E-state index is 0.623. The van der Waals surface area contributed by atoms with Crippen molar-refractivity contribution in [1.29, 1.82) is 0 Å². The molecule has 0 saturated carbocycles. The van der Waals surface area contributed by atoms with Gasteiger partial charge in [-0.25, -0.2) is 4.68 Å². The largest absolute Gasteiger partial charge is 0.492 e. The number of benzene rings is 2. The SMILES string of the molecule is CCOc1ccccc1-n1nc(-c2ccc(Cl)cc2)c2c1NCC2. The van der Waals surface area contributed by atoms with Crippen LogP contribution in [0.5, 0.6) is 5.75 Å². The number of para-hydroxylation sites is 2. The molecule has 0 saturated heterocycles. The topological polar surface area (TPSA) is 39.1 Å². The molecule has 1 N–H and O–H groups in total. The average Bonchev–Trinajstić information content (AvgIpc) is 3.19. The van der Waals surface area contributed by atoms with Crippen molar-refractivity contribution in [1.82, 2.24) is 9.78 Å². The van der Waals surface area contributed by atoms with Gasteiger partial charge in [0.25, 0.3) is 0 Å². The highest BCUT2D eigenvalue weighted by Gasteiger charge is 2.25. The van der Waals surface area contributed by atoms with Gasteiger partial charge in [-0.1, -0.05) is 35.9 Å². The van der Waals surface area contributed by atoms with E-state index in [-0.39, 0.29) is 0 Å². The van der Waals surface area contributed by atoms with E-state index in [4.69, 9.17) is 21.4 Å². The summed E-state index contributed by atoms with van der Waals surface area (Å²) in [5.74, 6) is 1.88. The van der Waals surface area contributed by atoms with Gasteiger partial charge in [-0.2, -0.15) is 5.10 Å². The molecule has 2 aromatic carbocycles. The molecule has 2 heterocycles. The second kappa shape index (κ2) is 6.21. The minimum Gasteiger partial charge on any atom is -0.492 e. The Bertz CT molecular complexity index is 871. The summed E-state index contributed by atoms with van der Waals surface area (Å²) in [7, 11) is 0. The molecule has 0 aliphatic carbocycles. The Morgan fingerprint density at radius 2 is 1.96 bits per heavy atom. The van der Waals surface area contributed by atoms with Crippen molar-refractivity contribution in [2.24, 2.45) is 0 Å². The number of halogens is 1. The molecule has 24 heavy (non-hydrogen) atoms. The summed E-state index contributed by atoms with van der Waals surface area (Å²) in [6.07, 6.45) is 0.962. The first-order chi connectivity index (χ1) is 11.8. The highest BCUT2D eigenvalue weighted by Crippen LogP contribution is 2.36. The molecule has 3 aromatic rings.